The number of carbonyl (C=O) groups excluding carboxylic acids is 1. The van der Waals surface area contributed by atoms with E-state index in [1.165, 1.54) is 0 Å². The number of carbonyl (C=O) groups is 1. The number of alkyl halides is 1. The minimum absolute atomic E-state index is 0.186. The minimum atomic E-state index is -0.738. The average molecular weight is 242 g/mol. The molecule has 0 spiro atoms. The van der Waals surface area contributed by atoms with Gasteiger partial charge in [0.15, 0.2) is 0 Å². The zero-order chi connectivity index (χ0) is 12.3. The van der Waals surface area contributed by atoms with Gasteiger partial charge in [0.25, 0.3) is 0 Å². The SMILES string of the molecule is CC1CCN(C(=O)CN2CCCC(F)C2)CC1. The number of nitrogens with zero attached hydrogens (tertiary/aromatic N) is 2. The van der Waals surface area contributed by atoms with Crippen molar-refractivity contribution in [2.24, 2.45) is 5.92 Å². The van der Waals surface area contributed by atoms with Crippen LogP contribution in [0.15, 0.2) is 0 Å². The Kier molecular flexibility index (Phi) is 4.37. The predicted molar refractivity (Wildman–Crippen MR) is 65.5 cm³/mol. The van der Waals surface area contributed by atoms with Gasteiger partial charge in [0.1, 0.15) is 6.17 Å². The molecule has 98 valence electrons. The van der Waals surface area contributed by atoms with Gasteiger partial charge < -0.3 is 4.90 Å². The summed E-state index contributed by atoms with van der Waals surface area (Å²) in [5.41, 5.74) is 0. The van der Waals surface area contributed by atoms with Crippen molar-refractivity contribution in [3.8, 4) is 0 Å². The van der Waals surface area contributed by atoms with E-state index in [9.17, 15) is 9.18 Å². The van der Waals surface area contributed by atoms with Crippen LogP contribution in [0, 0.1) is 5.92 Å². The second-order valence-corrected chi connectivity index (χ2v) is 5.54. The molecule has 0 radical (unpaired) electrons. The molecular weight excluding hydrogens is 219 g/mol. The lowest BCUT2D eigenvalue weighted by molar-refractivity contribution is -0.134. The molecular formula is C13H23FN2O. The molecule has 17 heavy (non-hydrogen) atoms. The standard InChI is InChI=1S/C13H23FN2O/c1-11-4-7-16(8-5-11)13(17)10-15-6-2-3-12(14)9-15/h11-12H,2-10H2,1H3. The number of hydrogen-bond acceptors (Lipinski definition) is 2. The van der Waals surface area contributed by atoms with Crippen molar-refractivity contribution in [2.45, 2.75) is 38.8 Å². The van der Waals surface area contributed by atoms with Crippen LogP contribution in [0.25, 0.3) is 0 Å². The van der Waals surface area contributed by atoms with Gasteiger partial charge in [0.05, 0.1) is 6.54 Å². The van der Waals surface area contributed by atoms with Crippen molar-refractivity contribution in [3.05, 3.63) is 0 Å². The highest BCUT2D eigenvalue weighted by atomic mass is 19.1. The zero-order valence-electron chi connectivity index (χ0n) is 10.7. The molecule has 0 aromatic carbocycles. The number of rotatable bonds is 2. The molecule has 2 aliphatic heterocycles. The summed E-state index contributed by atoms with van der Waals surface area (Å²) >= 11 is 0. The highest BCUT2D eigenvalue weighted by molar-refractivity contribution is 5.78. The largest absolute Gasteiger partial charge is 0.342 e. The van der Waals surface area contributed by atoms with Gasteiger partial charge in [-0.05, 0) is 38.1 Å². The van der Waals surface area contributed by atoms with Crippen LogP contribution in [-0.4, -0.2) is 54.6 Å². The molecule has 0 aliphatic carbocycles. The Bertz CT molecular complexity index is 264. The molecule has 1 amide bonds. The topological polar surface area (TPSA) is 23.6 Å². The van der Waals surface area contributed by atoms with Gasteiger partial charge in [-0.15, -0.1) is 0 Å². The van der Waals surface area contributed by atoms with Gasteiger partial charge >= 0.3 is 0 Å². The van der Waals surface area contributed by atoms with E-state index in [4.69, 9.17) is 0 Å². The molecule has 2 rings (SSSR count). The van der Waals surface area contributed by atoms with E-state index in [1.54, 1.807) is 0 Å². The first-order valence-corrected chi connectivity index (χ1v) is 6.79. The van der Waals surface area contributed by atoms with E-state index in [1.807, 2.05) is 9.80 Å². The van der Waals surface area contributed by atoms with Crippen LogP contribution in [0.2, 0.25) is 0 Å². The third kappa shape index (κ3) is 3.66. The molecule has 0 bridgehead atoms. The highest BCUT2D eigenvalue weighted by Gasteiger charge is 2.25. The number of likely N-dealkylation sites (tertiary alicyclic amines) is 2. The molecule has 0 aromatic rings. The van der Waals surface area contributed by atoms with Gasteiger partial charge in [-0.25, -0.2) is 4.39 Å². The van der Waals surface area contributed by atoms with Gasteiger partial charge in [-0.1, -0.05) is 6.92 Å². The summed E-state index contributed by atoms with van der Waals surface area (Å²) in [6.07, 6.45) is 3.02. The Morgan fingerprint density at radius 2 is 1.94 bits per heavy atom. The summed E-state index contributed by atoms with van der Waals surface area (Å²) < 4.78 is 13.2. The van der Waals surface area contributed by atoms with Crippen LogP contribution in [0.3, 0.4) is 0 Å². The monoisotopic (exact) mass is 242 g/mol. The quantitative estimate of drug-likeness (QED) is 0.735. The highest BCUT2D eigenvalue weighted by Crippen LogP contribution is 2.17. The van der Waals surface area contributed by atoms with Crippen LogP contribution in [0.4, 0.5) is 4.39 Å². The second-order valence-electron chi connectivity index (χ2n) is 5.54. The molecule has 3 nitrogen and oxygen atoms in total. The van der Waals surface area contributed by atoms with Crippen molar-refractivity contribution >= 4 is 5.91 Å². The fraction of sp³-hybridized carbons (Fsp3) is 0.923. The zero-order valence-corrected chi connectivity index (χ0v) is 10.7. The average Bonchev–Trinajstić information content (AvgIpc) is 2.29. The van der Waals surface area contributed by atoms with E-state index in [2.05, 4.69) is 6.92 Å². The lowest BCUT2D eigenvalue weighted by Gasteiger charge is -2.34. The van der Waals surface area contributed by atoms with E-state index in [0.29, 0.717) is 19.5 Å². The minimum Gasteiger partial charge on any atom is -0.342 e. The van der Waals surface area contributed by atoms with Gasteiger partial charge in [0.2, 0.25) is 5.91 Å². The van der Waals surface area contributed by atoms with Crippen molar-refractivity contribution in [1.29, 1.82) is 0 Å². The molecule has 1 unspecified atom stereocenters. The number of amides is 1. The van der Waals surface area contributed by atoms with Crippen LogP contribution >= 0.6 is 0 Å². The maximum atomic E-state index is 13.2. The van der Waals surface area contributed by atoms with Crippen LogP contribution in [-0.2, 0) is 4.79 Å². The first kappa shape index (κ1) is 12.8. The molecule has 2 fully saturated rings. The van der Waals surface area contributed by atoms with Crippen molar-refractivity contribution in [1.82, 2.24) is 9.80 Å². The van der Waals surface area contributed by atoms with Crippen LogP contribution in [0.5, 0.6) is 0 Å². The summed E-state index contributed by atoms with van der Waals surface area (Å²) in [6.45, 7) is 5.72. The summed E-state index contributed by atoms with van der Waals surface area (Å²) in [7, 11) is 0. The Labute approximate surface area is 103 Å². The van der Waals surface area contributed by atoms with Crippen molar-refractivity contribution in [2.75, 3.05) is 32.7 Å². The number of hydrogen-bond donors (Lipinski definition) is 0. The fourth-order valence-corrected chi connectivity index (χ4v) is 2.69. The molecule has 4 heteroatoms. The summed E-state index contributed by atoms with van der Waals surface area (Å²) in [5.74, 6) is 0.926. The lowest BCUT2D eigenvalue weighted by Crippen LogP contribution is -2.46. The summed E-state index contributed by atoms with van der Waals surface area (Å²) in [5, 5.41) is 0. The van der Waals surface area contributed by atoms with E-state index < -0.39 is 6.17 Å². The van der Waals surface area contributed by atoms with Gasteiger partial charge in [-0.2, -0.15) is 0 Å². The van der Waals surface area contributed by atoms with Gasteiger partial charge in [0, 0.05) is 19.6 Å². The smallest absolute Gasteiger partial charge is 0.236 e. The third-order valence-electron chi connectivity index (χ3n) is 3.94. The maximum Gasteiger partial charge on any atom is 0.236 e. The Balaban J connectivity index is 1.76. The van der Waals surface area contributed by atoms with E-state index >= 15 is 0 Å². The Morgan fingerprint density at radius 3 is 2.59 bits per heavy atom. The first-order valence-electron chi connectivity index (χ1n) is 6.79. The molecule has 0 N–H and O–H groups in total. The molecule has 0 saturated carbocycles. The lowest BCUT2D eigenvalue weighted by atomic mass is 9.99. The predicted octanol–water partition coefficient (Wildman–Crippen LogP) is 1.68. The number of halogens is 1. The Morgan fingerprint density at radius 1 is 1.24 bits per heavy atom. The first-order chi connectivity index (χ1) is 8.15. The third-order valence-corrected chi connectivity index (χ3v) is 3.94. The van der Waals surface area contributed by atoms with Crippen LogP contribution < -0.4 is 0 Å². The molecule has 2 heterocycles. The molecule has 2 saturated heterocycles. The second kappa shape index (κ2) is 5.80. The van der Waals surface area contributed by atoms with Crippen LogP contribution in [0.1, 0.15) is 32.6 Å². The maximum absolute atomic E-state index is 13.2. The molecule has 1 atom stereocenters. The molecule has 0 aromatic heterocycles. The normalized spacial score (nSPS) is 28.4. The van der Waals surface area contributed by atoms with Crippen molar-refractivity contribution in [3.63, 3.8) is 0 Å². The number of piperidine rings is 2. The van der Waals surface area contributed by atoms with E-state index in [0.717, 1.165) is 44.8 Å². The van der Waals surface area contributed by atoms with Crippen molar-refractivity contribution < 1.29 is 9.18 Å². The van der Waals surface area contributed by atoms with E-state index in [-0.39, 0.29) is 5.91 Å². The fourth-order valence-electron chi connectivity index (χ4n) is 2.69. The summed E-state index contributed by atoms with van der Waals surface area (Å²) in [6, 6.07) is 0. The van der Waals surface area contributed by atoms with Gasteiger partial charge in [-0.3, -0.25) is 9.69 Å². The Hall–Kier alpha value is -0.640. The molecule has 2 aliphatic rings. The summed E-state index contributed by atoms with van der Waals surface area (Å²) in [4.78, 5) is 16.0.